The van der Waals surface area contributed by atoms with Crippen molar-refractivity contribution < 1.29 is 18.3 Å². The minimum atomic E-state index is -3.47. The van der Waals surface area contributed by atoms with Gasteiger partial charge in [0.2, 0.25) is 0 Å². The van der Waals surface area contributed by atoms with Crippen LogP contribution in [0.3, 0.4) is 0 Å². The first-order valence-corrected chi connectivity index (χ1v) is 9.77. The second kappa shape index (κ2) is 8.42. The van der Waals surface area contributed by atoms with Crippen molar-refractivity contribution in [2.45, 2.75) is 37.9 Å². The Labute approximate surface area is 144 Å². The highest BCUT2D eigenvalue weighted by atomic mass is 32.2. The Kier molecular flexibility index (Phi) is 6.54. The molecule has 0 heterocycles. The lowest BCUT2D eigenvalue weighted by molar-refractivity contribution is -0.0366. The fourth-order valence-corrected chi connectivity index (χ4v) is 4.16. The topological polar surface area (TPSA) is 63.6 Å². The number of benzene rings is 2. The number of rotatable bonds is 8. The maximum absolute atomic E-state index is 12.5. The van der Waals surface area contributed by atoms with Gasteiger partial charge in [0.15, 0.2) is 9.84 Å². The van der Waals surface area contributed by atoms with Gasteiger partial charge in [0.1, 0.15) is 11.4 Å². The molecule has 3 atom stereocenters. The third-order valence-corrected chi connectivity index (χ3v) is 6.19. The molecule has 0 unspecified atom stereocenters. The molecule has 2 rings (SSSR count). The van der Waals surface area contributed by atoms with Gasteiger partial charge in [-0.15, -0.1) is 0 Å². The molecule has 0 saturated heterocycles. The molecule has 0 bridgehead atoms. The van der Waals surface area contributed by atoms with Gasteiger partial charge >= 0.3 is 0 Å². The Bertz CT molecular complexity index is 714. The molecule has 0 fully saturated rings. The largest absolute Gasteiger partial charge is 0.389 e. The molecule has 2 aromatic rings. The van der Waals surface area contributed by atoms with E-state index in [4.69, 9.17) is 4.74 Å². The predicted octanol–water partition coefficient (Wildman–Crippen LogP) is 3.13. The van der Waals surface area contributed by atoms with Gasteiger partial charge in [-0.3, -0.25) is 0 Å². The molecule has 5 heteroatoms. The molecule has 0 spiro atoms. The summed E-state index contributed by atoms with van der Waals surface area (Å²) in [5.74, 6) is -0.0327. The lowest BCUT2D eigenvalue weighted by atomic mass is 10.0. The quantitative estimate of drug-likeness (QED) is 0.796. The molecule has 2 aromatic carbocycles. The maximum Gasteiger partial charge on any atom is 0.159 e. The van der Waals surface area contributed by atoms with Gasteiger partial charge in [-0.1, -0.05) is 67.6 Å². The van der Waals surface area contributed by atoms with Gasteiger partial charge in [-0.25, -0.2) is 8.42 Å². The summed E-state index contributed by atoms with van der Waals surface area (Å²) in [7, 11) is -3.47. The molecule has 0 aliphatic carbocycles. The van der Waals surface area contributed by atoms with Crippen molar-refractivity contribution in [2.24, 2.45) is 0 Å². The lowest BCUT2D eigenvalue weighted by Crippen LogP contribution is -2.37. The first kappa shape index (κ1) is 18.6. The first-order chi connectivity index (χ1) is 11.5. The summed E-state index contributed by atoms with van der Waals surface area (Å²) >= 11 is 0. The van der Waals surface area contributed by atoms with Crippen molar-refractivity contribution >= 4 is 9.84 Å². The SMILES string of the molecule is CCS(=O)(=O)[C@@H](c1ccccc1)[C@@H](O)[C@H](C)OCc1ccccc1. The molecule has 1 N–H and O–H groups in total. The summed E-state index contributed by atoms with van der Waals surface area (Å²) in [5, 5.41) is 9.68. The molecule has 0 aromatic heterocycles. The van der Waals surface area contributed by atoms with Crippen molar-refractivity contribution in [1.29, 1.82) is 0 Å². The Hall–Kier alpha value is -1.69. The number of hydrogen-bond donors (Lipinski definition) is 1. The van der Waals surface area contributed by atoms with Crippen molar-refractivity contribution in [2.75, 3.05) is 5.75 Å². The van der Waals surface area contributed by atoms with Crippen LogP contribution >= 0.6 is 0 Å². The average molecular weight is 348 g/mol. The second-order valence-corrected chi connectivity index (χ2v) is 8.19. The third kappa shape index (κ3) is 4.66. The molecule has 24 heavy (non-hydrogen) atoms. The maximum atomic E-state index is 12.5. The Balaban J connectivity index is 2.16. The summed E-state index contributed by atoms with van der Waals surface area (Å²) in [5.41, 5.74) is 1.56. The minimum absolute atomic E-state index is 0.0327. The lowest BCUT2D eigenvalue weighted by Gasteiger charge is -2.27. The van der Waals surface area contributed by atoms with Gasteiger partial charge < -0.3 is 9.84 Å². The molecular weight excluding hydrogens is 324 g/mol. The van der Waals surface area contributed by atoms with E-state index in [2.05, 4.69) is 0 Å². The van der Waals surface area contributed by atoms with Gasteiger partial charge in [0.25, 0.3) is 0 Å². The van der Waals surface area contributed by atoms with Crippen molar-refractivity contribution in [1.82, 2.24) is 0 Å². The normalized spacial score (nSPS) is 15.6. The van der Waals surface area contributed by atoms with E-state index in [1.54, 1.807) is 38.1 Å². The standard InChI is InChI=1S/C19H24O4S/c1-3-24(21,22)19(17-12-8-5-9-13-17)18(20)15(2)23-14-16-10-6-4-7-11-16/h4-13,15,18-20H,3,14H2,1-2H3/t15-,18-,19-/m0/s1. The van der Waals surface area contributed by atoms with E-state index in [0.29, 0.717) is 12.2 Å². The summed E-state index contributed by atoms with van der Waals surface area (Å²) in [6.45, 7) is 3.62. The van der Waals surface area contributed by atoms with Crippen LogP contribution in [-0.2, 0) is 21.2 Å². The number of aliphatic hydroxyl groups excluding tert-OH is 1. The van der Waals surface area contributed by atoms with E-state index in [9.17, 15) is 13.5 Å². The number of aliphatic hydroxyl groups is 1. The Morgan fingerprint density at radius 3 is 2.08 bits per heavy atom. The van der Waals surface area contributed by atoms with E-state index < -0.39 is 27.3 Å². The number of hydrogen-bond acceptors (Lipinski definition) is 4. The van der Waals surface area contributed by atoms with Crippen LogP contribution in [0.4, 0.5) is 0 Å². The molecule has 130 valence electrons. The summed E-state index contributed by atoms with van der Waals surface area (Å²) < 4.78 is 30.7. The Morgan fingerprint density at radius 2 is 1.54 bits per heavy atom. The molecule has 4 nitrogen and oxygen atoms in total. The second-order valence-electron chi connectivity index (χ2n) is 5.78. The zero-order valence-electron chi connectivity index (χ0n) is 14.0. The number of ether oxygens (including phenoxy) is 1. The van der Waals surface area contributed by atoms with Gasteiger partial charge in [0, 0.05) is 5.75 Å². The van der Waals surface area contributed by atoms with E-state index in [0.717, 1.165) is 5.56 Å². The van der Waals surface area contributed by atoms with Crippen LogP contribution in [0, 0.1) is 0 Å². The molecule has 0 aliphatic heterocycles. The molecular formula is C19H24O4S. The predicted molar refractivity (Wildman–Crippen MR) is 95.3 cm³/mol. The summed E-state index contributed by atoms with van der Waals surface area (Å²) in [4.78, 5) is 0. The van der Waals surface area contributed by atoms with Crippen LogP contribution in [0.1, 0.15) is 30.2 Å². The zero-order valence-corrected chi connectivity index (χ0v) is 14.8. The average Bonchev–Trinajstić information content (AvgIpc) is 2.61. The van der Waals surface area contributed by atoms with E-state index in [1.165, 1.54) is 0 Å². The van der Waals surface area contributed by atoms with Crippen LogP contribution in [-0.4, -0.2) is 31.5 Å². The number of sulfone groups is 1. The van der Waals surface area contributed by atoms with Gasteiger partial charge in [-0.2, -0.15) is 0 Å². The van der Waals surface area contributed by atoms with Gasteiger partial charge in [-0.05, 0) is 18.1 Å². The molecule has 0 radical (unpaired) electrons. The third-order valence-electron chi connectivity index (χ3n) is 4.06. The van der Waals surface area contributed by atoms with Crippen LogP contribution < -0.4 is 0 Å². The van der Waals surface area contributed by atoms with Crippen LogP contribution in [0.5, 0.6) is 0 Å². The van der Waals surface area contributed by atoms with Crippen molar-refractivity contribution in [3.8, 4) is 0 Å². The highest BCUT2D eigenvalue weighted by molar-refractivity contribution is 7.91. The van der Waals surface area contributed by atoms with Crippen LogP contribution in [0.15, 0.2) is 60.7 Å². The monoisotopic (exact) mass is 348 g/mol. The molecule has 0 saturated carbocycles. The summed E-state index contributed by atoms with van der Waals surface area (Å²) in [6.07, 6.45) is -1.75. The zero-order chi connectivity index (χ0) is 17.6. The van der Waals surface area contributed by atoms with E-state index in [-0.39, 0.29) is 5.75 Å². The van der Waals surface area contributed by atoms with Crippen molar-refractivity contribution in [3.05, 3.63) is 71.8 Å². The molecule has 0 aliphatic rings. The summed E-state index contributed by atoms with van der Waals surface area (Å²) in [6, 6.07) is 18.4. The van der Waals surface area contributed by atoms with E-state index >= 15 is 0 Å². The highest BCUT2D eigenvalue weighted by Crippen LogP contribution is 2.29. The van der Waals surface area contributed by atoms with E-state index in [1.807, 2.05) is 36.4 Å². The van der Waals surface area contributed by atoms with Gasteiger partial charge in [0.05, 0.1) is 12.7 Å². The van der Waals surface area contributed by atoms with Crippen LogP contribution in [0.2, 0.25) is 0 Å². The van der Waals surface area contributed by atoms with Crippen molar-refractivity contribution in [3.63, 3.8) is 0 Å². The fraction of sp³-hybridized carbons (Fsp3) is 0.368. The fourth-order valence-electron chi connectivity index (χ4n) is 2.59. The smallest absolute Gasteiger partial charge is 0.159 e. The first-order valence-electron chi connectivity index (χ1n) is 8.06. The Morgan fingerprint density at radius 1 is 1.00 bits per heavy atom. The minimum Gasteiger partial charge on any atom is -0.389 e. The molecule has 0 amide bonds. The van der Waals surface area contributed by atoms with Crippen LogP contribution in [0.25, 0.3) is 0 Å². The highest BCUT2D eigenvalue weighted by Gasteiger charge is 2.36.